The Morgan fingerprint density at radius 2 is 1.20 bits per heavy atom. The third kappa shape index (κ3) is 11.5. The molecule has 0 spiro atoms. The van der Waals surface area contributed by atoms with Crippen LogP contribution in [-0.2, 0) is 14.0 Å². The number of carbonyl (C=O) groups excluding carboxylic acids is 1. The molecule has 0 heterocycles. The van der Waals surface area contributed by atoms with Crippen LogP contribution in [0, 0.1) is 0 Å². The average Bonchev–Trinajstić information content (AvgIpc) is 2.97. The lowest BCUT2D eigenvalue weighted by Gasteiger charge is -2.43. The molecule has 0 saturated heterocycles. The van der Waals surface area contributed by atoms with Gasteiger partial charge in [0.25, 0.3) is 12.1 Å². The maximum Gasteiger partial charge on any atom is 0.358 e. The normalized spacial score (nSPS) is 16.9. The van der Waals surface area contributed by atoms with E-state index >= 15 is 0 Å². The first-order valence-electron chi connectivity index (χ1n) is 14.8. The van der Waals surface area contributed by atoms with Gasteiger partial charge in [-0.1, -0.05) is 142 Å². The van der Waals surface area contributed by atoms with Gasteiger partial charge in [-0.3, -0.25) is 0 Å². The smallest absolute Gasteiger partial charge is 0.358 e. The second kappa shape index (κ2) is 18.8. The highest BCUT2D eigenvalue weighted by atomic mass is 35.6. The molecule has 0 aliphatic carbocycles. The van der Waals surface area contributed by atoms with E-state index < -0.39 is 51.1 Å². The van der Waals surface area contributed by atoms with Gasteiger partial charge in [0, 0.05) is 6.61 Å². The van der Waals surface area contributed by atoms with Gasteiger partial charge in [-0.25, -0.2) is 4.79 Å². The Balaban J connectivity index is 1.89. The van der Waals surface area contributed by atoms with Gasteiger partial charge in [-0.2, -0.15) is 0 Å². The summed E-state index contributed by atoms with van der Waals surface area (Å²) >= 11 is 49.4. The molecule has 0 saturated carbocycles. The van der Waals surface area contributed by atoms with Crippen molar-refractivity contribution < 1.29 is 14.0 Å². The Kier molecular flexibility index (Phi) is 17.4. The average molecular weight is 786 g/mol. The summed E-state index contributed by atoms with van der Waals surface area (Å²) in [5.74, 6) is -1.12. The molecule has 6 atom stereocenters. The van der Waals surface area contributed by atoms with E-state index in [9.17, 15) is 4.79 Å². The molecule has 0 aliphatic rings. The largest absolute Gasteiger partial charge is 0.456 e. The third-order valence-corrected chi connectivity index (χ3v) is 15.9. The van der Waals surface area contributed by atoms with Gasteiger partial charge in [0.1, 0.15) is 6.10 Å². The van der Waals surface area contributed by atoms with Gasteiger partial charge in [0.05, 0.1) is 26.9 Å². The number of unbranched alkanes of at least 4 members (excludes halogenated alkanes) is 4. The number of alkyl halides is 8. The number of hydrogen-bond acceptors (Lipinski definition) is 3. The first-order valence-corrected chi connectivity index (χ1v) is 20.0. The minimum atomic E-state index is -2.52. The van der Waals surface area contributed by atoms with Gasteiger partial charge >= 0.3 is 5.97 Å². The number of benzene rings is 2. The molecule has 0 amide bonds. The number of carbonyl (C=O) groups is 1. The van der Waals surface area contributed by atoms with Gasteiger partial charge in [-0.15, -0.1) is 58.0 Å². The summed E-state index contributed by atoms with van der Waals surface area (Å²) in [6.45, 7) is 9.19. The fourth-order valence-electron chi connectivity index (χ4n) is 5.26. The van der Waals surface area contributed by atoms with Crippen LogP contribution < -0.4 is 10.4 Å². The molecule has 0 unspecified atom stereocenters. The quantitative estimate of drug-likeness (QED) is 0.0694. The van der Waals surface area contributed by atoms with Gasteiger partial charge in [-0.05, 0) is 35.2 Å². The number of esters is 1. The van der Waals surface area contributed by atoms with E-state index in [0.717, 1.165) is 32.1 Å². The minimum absolute atomic E-state index is 0.0485. The summed E-state index contributed by atoms with van der Waals surface area (Å²) in [6, 6.07) is 21.3. The van der Waals surface area contributed by atoms with Crippen LogP contribution in [0.2, 0.25) is 5.04 Å². The van der Waals surface area contributed by atoms with Crippen LogP contribution in [0.15, 0.2) is 60.7 Å². The van der Waals surface area contributed by atoms with E-state index in [1.165, 1.54) is 10.4 Å². The zero-order chi connectivity index (χ0) is 33.1. The molecule has 248 valence electrons. The van der Waals surface area contributed by atoms with Crippen molar-refractivity contribution in [2.45, 2.75) is 108 Å². The van der Waals surface area contributed by atoms with Crippen molar-refractivity contribution in [1.82, 2.24) is 0 Å². The highest BCUT2D eigenvalue weighted by Crippen LogP contribution is 2.37. The van der Waals surface area contributed by atoms with Crippen molar-refractivity contribution in [3.63, 3.8) is 0 Å². The van der Waals surface area contributed by atoms with E-state index in [4.69, 9.17) is 102 Å². The van der Waals surface area contributed by atoms with Crippen molar-refractivity contribution in [2.24, 2.45) is 0 Å². The predicted molar refractivity (Wildman–Crippen MR) is 195 cm³/mol. The topological polar surface area (TPSA) is 35.5 Å². The van der Waals surface area contributed by atoms with Crippen molar-refractivity contribution in [1.29, 1.82) is 0 Å². The predicted octanol–water partition coefficient (Wildman–Crippen LogP) is 10.2. The molecular weight excluding hydrogens is 744 g/mol. The Morgan fingerprint density at radius 1 is 0.727 bits per heavy atom. The SMILES string of the molecule is C[C@@H](Cl)[C@@H](Cl)[C@@H](OC(=O)C(Cl)(Cl)Cl)[C@H](Cl)[C@@H](Cl)[C@H](Cl)CCCCCCCO[Si](c1ccccc1)(c1ccccc1)C(C)(C)C. The van der Waals surface area contributed by atoms with Crippen LogP contribution in [0.4, 0.5) is 0 Å². The van der Waals surface area contributed by atoms with Crippen LogP contribution in [0.25, 0.3) is 0 Å². The molecule has 2 aromatic carbocycles. The summed E-state index contributed by atoms with van der Waals surface area (Å²) in [6.07, 6.45) is 4.35. The highest BCUT2D eigenvalue weighted by molar-refractivity contribution is 6.99. The summed E-state index contributed by atoms with van der Waals surface area (Å²) in [7, 11) is -2.52. The van der Waals surface area contributed by atoms with Crippen LogP contribution in [0.5, 0.6) is 0 Å². The monoisotopic (exact) mass is 782 g/mol. The number of hydrogen-bond donors (Lipinski definition) is 0. The molecule has 2 aromatic rings. The Morgan fingerprint density at radius 3 is 1.66 bits per heavy atom. The van der Waals surface area contributed by atoms with Gasteiger partial charge < -0.3 is 9.16 Å². The number of ether oxygens (including phenoxy) is 1. The summed E-state index contributed by atoms with van der Waals surface area (Å²) in [5.41, 5.74) is 0. The summed E-state index contributed by atoms with van der Waals surface area (Å²) in [5, 5.41) is -1.21. The molecule has 0 aliphatic heterocycles. The maximum atomic E-state index is 12.2. The Bertz CT molecular complexity index is 1070. The van der Waals surface area contributed by atoms with Crippen molar-refractivity contribution >= 4 is 117 Å². The molecule has 0 aromatic heterocycles. The fraction of sp³-hybridized carbons (Fsp3) is 0.594. The lowest BCUT2D eigenvalue weighted by molar-refractivity contribution is -0.148. The third-order valence-electron chi connectivity index (χ3n) is 7.55. The zero-order valence-corrected chi connectivity index (χ0v) is 32.5. The summed E-state index contributed by atoms with van der Waals surface area (Å²) in [4.78, 5) is 12.2. The molecule has 0 bridgehead atoms. The molecule has 12 heteroatoms. The lowest BCUT2D eigenvalue weighted by Crippen LogP contribution is -2.66. The Hall–Kier alpha value is 0.407. The number of rotatable bonds is 17. The van der Waals surface area contributed by atoms with Crippen LogP contribution in [0.1, 0.15) is 66.2 Å². The number of halogens is 8. The zero-order valence-electron chi connectivity index (χ0n) is 25.4. The fourth-order valence-corrected chi connectivity index (χ4v) is 11.5. The van der Waals surface area contributed by atoms with E-state index in [1.807, 2.05) is 0 Å². The maximum absolute atomic E-state index is 12.2. The molecule has 0 radical (unpaired) electrons. The molecule has 0 fully saturated rings. The van der Waals surface area contributed by atoms with Crippen molar-refractivity contribution in [2.75, 3.05) is 6.61 Å². The molecule has 2 rings (SSSR count). The second-order valence-corrected chi connectivity index (χ2v) is 21.3. The Labute approximate surface area is 304 Å². The highest BCUT2D eigenvalue weighted by Gasteiger charge is 2.50. The second-order valence-electron chi connectivity index (χ2n) is 12.0. The molecule has 0 N–H and O–H groups in total. The van der Waals surface area contributed by atoms with Gasteiger partial charge in [0.2, 0.25) is 0 Å². The van der Waals surface area contributed by atoms with E-state index in [2.05, 4.69) is 81.4 Å². The molecule has 3 nitrogen and oxygen atoms in total. The minimum Gasteiger partial charge on any atom is -0.456 e. The van der Waals surface area contributed by atoms with E-state index in [-0.39, 0.29) is 5.04 Å². The van der Waals surface area contributed by atoms with E-state index in [0.29, 0.717) is 13.0 Å². The van der Waals surface area contributed by atoms with Gasteiger partial charge in [0.15, 0.2) is 0 Å². The van der Waals surface area contributed by atoms with Crippen molar-refractivity contribution in [3.05, 3.63) is 60.7 Å². The van der Waals surface area contributed by atoms with Crippen LogP contribution in [-0.4, -0.2) is 57.7 Å². The lowest BCUT2D eigenvalue weighted by atomic mass is 10.0. The molecular formula is C32H42Cl8O3Si. The van der Waals surface area contributed by atoms with E-state index in [1.54, 1.807) is 6.92 Å². The van der Waals surface area contributed by atoms with Crippen molar-refractivity contribution in [3.8, 4) is 0 Å². The first kappa shape index (κ1) is 40.6. The standard InChI is InChI=1S/C32H42Cl8O3Si/c1-22(33)26(35)29(43-30(41)32(38,39)40)28(37)27(36)25(34)20-14-6-5-7-15-21-42-44(31(2,3)4,23-16-10-8-11-17-23)24-18-12-9-13-19-24/h8-13,16-19,22,25-29H,5-7,14-15,20-21H2,1-4H3/t22-,25-,26-,27+,28-,29-/m1/s1. The molecule has 44 heavy (non-hydrogen) atoms. The first-order chi connectivity index (χ1) is 20.5. The summed E-state index contributed by atoms with van der Waals surface area (Å²) < 4.78 is 10.0. The van der Waals surface area contributed by atoms with Crippen LogP contribution in [0.3, 0.4) is 0 Å². The van der Waals surface area contributed by atoms with Crippen LogP contribution >= 0.6 is 92.8 Å².